The van der Waals surface area contributed by atoms with Crippen molar-refractivity contribution in [1.82, 2.24) is 9.88 Å². The van der Waals surface area contributed by atoms with Crippen molar-refractivity contribution in [2.45, 2.75) is 82.3 Å². The normalized spacial score (nSPS) is 32.4. The van der Waals surface area contributed by atoms with Crippen LogP contribution in [0.4, 0.5) is 5.82 Å². The van der Waals surface area contributed by atoms with Gasteiger partial charge in [0, 0.05) is 44.4 Å². The fourth-order valence-corrected chi connectivity index (χ4v) is 6.45. The number of pyridine rings is 1. The SMILES string of the molecule is CC1(O)CCC(C(=O)OC2(C(N)=O)CCC(CCN3CCN(c4nccc5c4OCC5)CC3)CC2)CC1. The summed E-state index contributed by atoms with van der Waals surface area (Å²) >= 11 is 0. The van der Waals surface area contributed by atoms with Gasteiger partial charge in [0.1, 0.15) is 0 Å². The average molecular weight is 515 g/mol. The molecule has 0 unspecified atom stereocenters. The molecule has 1 saturated heterocycles. The molecule has 2 saturated carbocycles. The highest BCUT2D eigenvalue weighted by Crippen LogP contribution is 2.39. The average Bonchev–Trinajstić information content (AvgIpc) is 3.38. The zero-order valence-corrected chi connectivity index (χ0v) is 22.1. The van der Waals surface area contributed by atoms with Crippen molar-refractivity contribution in [2.75, 3.05) is 44.2 Å². The summed E-state index contributed by atoms with van der Waals surface area (Å²) in [6.07, 6.45) is 8.94. The van der Waals surface area contributed by atoms with Crippen molar-refractivity contribution >= 4 is 17.7 Å². The summed E-state index contributed by atoms with van der Waals surface area (Å²) in [5, 5.41) is 10.2. The lowest BCUT2D eigenvalue weighted by Gasteiger charge is -2.40. The van der Waals surface area contributed by atoms with Crippen molar-refractivity contribution < 1.29 is 24.2 Å². The molecule has 9 heteroatoms. The quantitative estimate of drug-likeness (QED) is 0.533. The Hall–Kier alpha value is -2.39. The second-order valence-electron chi connectivity index (χ2n) is 11.8. The van der Waals surface area contributed by atoms with Crippen LogP contribution >= 0.6 is 0 Å². The third-order valence-electron chi connectivity index (χ3n) is 9.16. The van der Waals surface area contributed by atoms with Gasteiger partial charge in [-0.2, -0.15) is 0 Å². The lowest BCUT2D eigenvalue weighted by atomic mass is 9.76. The lowest BCUT2D eigenvalue weighted by molar-refractivity contribution is -0.178. The Kier molecular flexibility index (Phi) is 7.63. The van der Waals surface area contributed by atoms with Crippen molar-refractivity contribution in [3.8, 4) is 5.75 Å². The first kappa shape index (κ1) is 26.2. The highest BCUT2D eigenvalue weighted by Gasteiger charge is 2.45. The Morgan fingerprint density at radius 1 is 1.14 bits per heavy atom. The van der Waals surface area contributed by atoms with Gasteiger partial charge in [-0.1, -0.05) is 0 Å². The number of primary amides is 1. The van der Waals surface area contributed by atoms with E-state index in [1.165, 1.54) is 5.56 Å². The predicted octanol–water partition coefficient (Wildman–Crippen LogP) is 2.43. The van der Waals surface area contributed by atoms with E-state index in [1.807, 2.05) is 6.20 Å². The molecule has 1 amide bonds. The molecule has 204 valence electrons. The van der Waals surface area contributed by atoms with Gasteiger partial charge in [0.15, 0.2) is 17.2 Å². The number of hydrogen-bond acceptors (Lipinski definition) is 8. The number of nitrogens with two attached hydrogens (primary N) is 1. The molecule has 3 N–H and O–H groups in total. The maximum atomic E-state index is 12.9. The molecule has 2 aliphatic heterocycles. The Morgan fingerprint density at radius 3 is 2.51 bits per heavy atom. The number of nitrogens with zero attached hydrogens (tertiary/aromatic N) is 3. The summed E-state index contributed by atoms with van der Waals surface area (Å²) < 4.78 is 11.7. The van der Waals surface area contributed by atoms with Gasteiger partial charge in [-0.3, -0.25) is 14.5 Å². The first-order valence-electron chi connectivity index (χ1n) is 14.1. The van der Waals surface area contributed by atoms with Crippen molar-refractivity contribution in [2.24, 2.45) is 17.6 Å². The van der Waals surface area contributed by atoms with Crippen LogP contribution in [0.3, 0.4) is 0 Å². The van der Waals surface area contributed by atoms with Crippen molar-refractivity contribution in [3.05, 3.63) is 17.8 Å². The second-order valence-corrected chi connectivity index (χ2v) is 11.8. The van der Waals surface area contributed by atoms with Crippen LogP contribution in [0.2, 0.25) is 0 Å². The second kappa shape index (κ2) is 10.8. The van der Waals surface area contributed by atoms with Gasteiger partial charge in [0.25, 0.3) is 5.91 Å². The monoisotopic (exact) mass is 514 g/mol. The smallest absolute Gasteiger partial charge is 0.309 e. The van der Waals surface area contributed by atoms with E-state index in [0.29, 0.717) is 44.4 Å². The van der Waals surface area contributed by atoms with E-state index in [1.54, 1.807) is 6.92 Å². The minimum Gasteiger partial charge on any atom is -0.489 e. The first-order chi connectivity index (χ1) is 17.7. The summed E-state index contributed by atoms with van der Waals surface area (Å²) in [6.45, 7) is 7.45. The van der Waals surface area contributed by atoms with E-state index in [0.717, 1.165) is 76.6 Å². The molecule has 1 aromatic rings. The standard InChI is InChI=1S/C28H42N4O5/c1-27(35)9-4-22(5-10-27)25(33)37-28(26(29)34)11-2-20(3-12-28)7-14-31-15-17-32(18-16-31)24-23-21(6-13-30-24)8-19-36-23/h6,13,20,22,35H,2-5,7-12,14-19H2,1H3,(H2,29,34). The third kappa shape index (κ3) is 5.87. The number of fused-ring (bicyclic) bond motifs is 1. The molecule has 1 aromatic heterocycles. The number of esters is 1. The predicted molar refractivity (Wildman–Crippen MR) is 139 cm³/mol. The molecule has 2 aliphatic carbocycles. The van der Waals surface area contributed by atoms with Gasteiger partial charge in [0.2, 0.25) is 0 Å². The molecule has 0 aromatic carbocycles. The van der Waals surface area contributed by atoms with Gasteiger partial charge in [-0.05, 0) is 83.2 Å². The van der Waals surface area contributed by atoms with Gasteiger partial charge in [-0.15, -0.1) is 0 Å². The van der Waals surface area contributed by atoms with Crippen molar-refractivity contribution in [1.29, 1.82) is 0 Å². The zero-order valence-electron chi connectivity index (χ0n) is 22.1. The van der Waals surface area contributed by atoms with E-state index >= 15 is 0 Å². The van der Waals surface area contributed by atoms with Gasteiger partial charge in [0.05, 0.1) is 18.1 Å². The minimum atomic E-state index is -1.18. The highest BCUT2D eigenvalue weighted by atomic mass is 16.6. The molecule has 5 rings (SSSR count). The maximum Gasteiger partial charge on any atom is 0.309 e. The summed E-state index contributed by atoms with van der Waals surface area (Å²) in [7, 11) is 0. The van der Waals surface area contributed by atoms with Crippen LogP contribution in [-0.2, 0) is 20.7 Å². The van der Waals surface area contributed by atoms with E-state index in [2.05, 4.69) is 20.9 Å². The zero-order chi connectivity index (χ0) is 26.0. The minimum absolute atomic E-state index is 0.258. The van der Waals surface area contributed by atoms with Crippen LogP contribution in [0, 0.1) is 11.8 Å². The molecule has 0 radical (unpaired) electrons. The molecular formula is C28H42N4O5. The molecule has 9 nitrogen and oxygen atoms in total. The maximum absolute atomic E-state index is 12.9. The molecule has 3 fully saturated rings. The number of ether oxygens (including phenoxy) is 2. The summed E-state index contributed by atoms with van der Waals surface area (Å²) in [5.41, 5.74) is 5.14. The van der Waals surface area contributed by atoms with E-state index < -0.39 is 17.1 Å². The fourth-order valence-electron chi connectivity index (χ4n) is 6.45. The molecule has 37 heavy (non-hydrogen) atoms. The molecular weight excluding hydrogens is 472 g/mol. The van der Waals surface area contributed by atoms with Crippen LogP contribution in [0.5, 0.6) is 5.75 Å². The van der Waals surface area contributed by atoms with Gasteiger partial charge < -0.3 is 25.2 Å². The number of carbonyl (C=O) groups excluding carboxylic acids is 2. The number of amides is 1. The summed E-state index contributed by atoms with van der Waals surface area (Å²) in [4.78, 5) is 34.7. The number of aromatic nitrogens is 1. The molecule has 0 spiro atoms. The molecule has 0 atom stereocenters. The molecule has 3 heterocycles. The lowest BCUT2D eigenvalue weighted by Crippen LogP contribution is -2.51. The Labute approximate surface area is 219 Å². The number of rotatable bonds is 7. The van der Waals surface area contributed by atoms with E-state index in [-0.39, 0.29) is 11.9 Å². The number of anilines is 1. The first-order valence-corrected chi connectivity index (χ1v) is 14.1. The largest absolute Gasteiger partial charge is 0.489 e. The highest BCUT2D eigenvalue weighted by molar-refractivity contribution is 5.87. The van der Waals surface area contributed by atoms with Crippen LogP contribution < -0.4 is 15.4 Å². The van der Waals surface area contributed by atoms with E-state index in [4.69, 9.17) is 15.2 Å². The van der Waals surface area contributed by atoms with Crippen LogP contribution in [0.15, 0.2) is 12.3 Å². The number of aliphatic hydroxyl groups is 1. The molecule has 4 aliphatic rings. The van der Waals surface area contributed by atoms with Crippen molar-refractivity contribution in [3.63, 3.8) is 0 Å². The number of hydrogen-bond donors (Lipinski definition) is 2. The summed E-state index contributed by atoms with van der Waals surface area (Å²) in [6, 6.07) is 2.06. The Morgan fingerprint density at radius 2 is 1.84 bits per heavy atom. The van der Waals surface area contributed by atoms with Gasteiger partial charge >= 0.3 is 5.97 Å². The van der Waals surface area contributed by atoms with Crippen LogP contribution in [-0.4, -0.2) is 77.4 Å². The number of carbonyl (C=O) groups is 2. The Balaban J connectivity index is 1.06. The van der Waals surface area contributed by atoms with Crippen LogP contribution in [0.1, 0.15) is 70.3 Å². The number of piperazine rings is 1. The van der Waals surface area contributed by atoms with E-state index in [9.17, 15) is 14.7 Å². The Bertz CT molecular complexity index is 973. The molecule has 0 bridgehead atoms. The fraction of sp³-hybridized carbons (Fsp3) is 0.750. The topological polar surface area (TPSA) is 118 Å². The summed E-state index contributed by atoms with van der Waals surface area (Å²) in [5.74, 6) is 1.34. The van der Waals surface area contributed by atoms with Crippen LogP contribution in [0.25, 0.3) is 0 Å². The van der Waals surface area contributed by atoms with Gasteiger partial charge in [-0.25, -0.2) is 4.98 Å². The third-order valence-corrected chi connectivity index (χ3v) is 9.16.